The van der Waals surface area contributed by atoms with Crippen LogP contribution in [0.4, 0.5) is 0 Å². The monoisotopic (exact) mass is 237 g/mol. The number of hydrogen-bond acceptors (Lipinski definition) is 2. The summed E-state index contributed by atoms with van der Waals surface area (Å²) in [6.07, 6.45) is 1.88. The number of rotatable bonds is 1. The quantitative estimate of drug-likeness (QED) is 0.775. The van der Waals surface area contributed by atoms with E-state index < -0.39 is 0 Å². The van der Waals surface area contributed by atoms with Gasteiger partial charge in [0.15, 0.2) is 0 Å². The van der Waals surface area contributed by atoms with E-state index in [0.29, 0.717) is 0 Å². The Balaban J connectivity index is 2.53. The topological polar surface area (TPSA) is 41.6 Å². The predicted octanol–water partition coefficient (Wildman–Crippen LogP) is 2.54. The Bertz CT molecular complexity index is 389. The van der Waals surface area contributed by atoms with Crippen molar-refractivity contribution in [2.24, 2.45) is 0 Å². The molecule has 0 aliphatic carbocycles. The molecule has 0 bridgehead atoms. The van der Waals surface area contributed by atoms with Gasteiger partial charge in [0.25, 0.3) is 0 Å². The van der Waals surface area contributed by atoms with Gasteiger partial charge in [-0.3, -0.25) is 0 Å². The Kier molecular flexibility index (Phi) is 2.14. The Labute approximate surface area is 84.4 Å². The van der Waals surface area contributed by atoms with E-state index >= 15 is 0 Å². The van der Waals surface area contributed by atoms with Crippen molar-refractivity contribution in [3.8, 4) is 11.4 Å². The number of H-pyrrole nitrogens is 1. The van der Waals surface area contributed by atoms with Crippen molar-refractivity contribution in [3.63, 3.8) is 0 Å². The minimum absolute atomic E-state index is 0.763. The lowest BCUT2D eigenvalue weighted by molar-refractivity contribution is 1.03. The average Bonchev–Trinajstić information content (AvgIpc) is 2.53. The van der Waals surface area contributed by atoms with Crippen molar-refractivity contribution in [2.75, 3.05) is 0 Å². The van der Waals surface area contributed by atoms with Crippen molar-refractivity contribution in [1.82, 2.24) is 15.0 Å². The fraction of sp³-hybridized carbons (Fsp3) is 0.111. The summed E-state index contributed by atoms with van der Waals surface area (Å²) in [4.78, 5) is 11.5. The average molecular weight is 238 g/mol. The molecular weight excluding hydrogens is 230 g/mol. The van der Waals surface area contributed by atoms with E-state index in [1.54, 1.807) is 0 Å². The van der Waals surface area contributed by atoms with Gasteiger partial charge in [-0.1, -0.05) is 0 Å². The van der Waals surface area contributed by atoms with Gasteiger partial charge in [0, 0.05) is 6.20 Å². The number of aryl methyl sites for hydroxylation is 1. The van der Waals surface area contributed by atoms with E-state index in [1.165, 1.54) is 0 Å². The van der Waals surface area contributed by atoms with Crippen LogP contribution in [0, 0.1) is 6.92 Å². The number of hydrogen-bond donors (Lipinski definition) is 1. The molecule has 0 radical (unpaired) electrons. The molecule has 0 atom stereocenters. The summed E-state index contributed by atoms with van der Waals surface area (Å²) < 4.78 is 0.810. The van der Waals surface area contributed by atoms with Crippen LogP contribution in [0.5, 0.6) is 0 Å². The van der Waals surface area contributed by atoms with Gasteiger partial charge in [-0.05, 0) is 41.1 Å². The molecule has 0 aliphatic heterocycles. The Morgan fingerprint density at radius 3 is 2.85 bits per heavy atom. The highest BCUT2D eigenvalue weighted by atomic mass is 79.9. The lowest BCUT2D eigenvalue weighted by Crippen LogP contribution is -1.91. The molecule has 0 saturated heterocycles. The van der Waals surface area contributed by atoms with E-state index in [2.05, 4.69) is 30.9 Å². The van der Waals surface area contributed by atoms with E-state index in [9.17, 15) is 0 Å². The van der Waals surface area contributed by atoms with Gasteiger partial charge in [0.05, 0.1) is 11.4 Å². The summed E-state index contributed by atoms with van der Waals surface area (Å²) in [5.74, 6) is 0.763. The van der Waals surface area contributed by atoms with E-state index in [0.717, 1.165) is 21.8 Å². The van der Waals surface area contributed by atoms with E-state index in [-0.39, 0.29) is 0 Å². The van der Waals surface area contributed by atoms with Crippen LogP contribution in [0.25, 0.3) is 11.4 Å². The summed E-state index contributed by atoms with van der Waals surface area (Å²) in [5, 5.41) is 0. The summed E-state index contributed by atoms with van der Waals surface area (Å²) in [6.45, 7) is 1.87. The molecule has 0 spiro atoms. The number of aromatic nitrogens is 3. The molecular formula is C9H8BrN3. The highest BCUT2D eigenvalue weighted by Crippen LogP contribution is 2.17. The first-order chi connectivity index (χ1) is 6.25. The molecule has 0 fully saturated rings. The first kappa shape index (κ1) is 8.44. The standard InChI is InChI=1S/C9H8BrN3/c1-6-12-8(5-9(10)13-6)7-3-2-4-11-7/h2-5,11H,1H3. The zero-order valence-electron chi connectivity index (χ0n) is 7.08. The predicted molar refractivity (Wildman–Crippen MR) is 54.3 cm³/mol. The molecule has 0 aromatic carbocycles. The van der Waals surface area contributed by atoms with Gasteiger partial charge in [0.2, 0.25) is 0 Å². The summed E-state index contributed by atoms with van der Waals surface area (Å²) >= 11 is 3.33. The summed E-state index contributed by atoms with van der Waals surface area (Å²) in [7, 11) is 0. The van der Waals surface area contributed by atoms with Crippen LogP contribution >= 0.6 is 15.9 Å². The largest absolute Gasteiger partial charge is 0.360 e. The zero-order chi connectivity index (χ0) is 9.26. The SMILES string of the molecule is Cc1nc(Br)cc(-c2ccc[nH]2)n1. The second kappa shape index (κ2) is 3.30. The molecule has 1 N–H and O–H groups in total. The maximum absolute atomic E-state index is 4.30. The molecule has 2 heterocycles. The Hall–Kier alpha value is -1.16. The van der Waals surface area contributed by atoms with E-state index in [1.807, 2.05) is 31.3 Å². The third-order valence-corrected chi connectivity index (χ3v) is 2.09. The molecule has 0 saturated carbocycles. The van der Waals surface area contributed by atoms with Crippen LogP contribution in [0.15, 0.2) is 29.0 Å². The minimum Gasteiger partial charge on any atom is -0.360 e. The maximum atomic E-state index is 4.30. The molecule has 2 aromatic heterocycles. The maximum Gasteiger partial charge on any atom is 0.127 e. The van der Waals surface area contributed by atoms with Gasteiger partial charge < -0.3 is 4.98 Å². The van der Waals surface area contributed by atoms with Crippen LogP contribution in [-0.4, -0.2) is 15.0 Å². The Morgan fingerprint density at radius 2 is 2.23 bits per heavy atom. The minimum atomic E-state index is 0.763. The van der Waals surface area contributed by atoms with Crippen LogP contribution in [0.1, 0.15) is 5.82 Å². The first-order valence-electron chi connectivity index (χ1n) is 3.90. The first-order valence-corrected chi connectivity index (χ1v) is 4.70. The summed E-state index contributed by atoms with van der Waals surface area (Å²) in [6, 6.07) is 5.81. The van der Waals surface area contributed by atoms with Crippen molar-refractivity contribution >= 4 is 15.9 Å². The highest BCUT2D eigenvalue weighted by molar-refractivity contribution is 9.10. The fourth-order valence-corrected chi connectivity index (χ4v) is 1.63. The van der Waals surface area contributed by atoms with Crippen LogP contribution in [-0.2, 0) is 0 Å². The molecule has 66 valence electrons. The molecule has 2 aromatic rings. The third-order valence-electron chi connectivity index (χ3n) is 1.68. The van der Waals surface area contributed by atoms with Crippen LogP contribution < -0.4 is 0 Å². The molecule has 3 nitrogen and oxygen atoms in total. The molecule has 0 unspecified atom stereocenters. The highest BCUT2D eigenvalue weighted by Gasteiger charge is 2.02. The van der Waals surface area contributed by atoms with Gasteiger partial charge in [-0.15, -0.1) is 0 Å². The normalized spacial score (nSPS) is 10.3. The lowest BCUT2D eigenvalue weighted by Gasteiger charge is -1.99. The van der Waals surface area contributed by atoms with Gasteiger partial charge >= 0.3 is 0 Å². The van der Waals surface area contributed by atoms with E-state index in [4.69, 9.17) is 0 Å². The zero-order valence-corrected chi connectivity index (χ0v) is 8.67. The second-order valence-corrected chi connectivity index (χ2v) is 3.52. The van der Waals surface area contributed by atoms with Crippen LogP contribution in [0.2, 0.25) is 0 Å². The molecule has 4 heteroatoms. The number of nitrogens with zero attached hydrogens (tertiary/aromatic N) is 2. The third kappa shape index (κ3) is 1.78. The van der Waals surface area contributed by atoms with Crippen molar-refractivity contribution in [1.29, 1.82) is 0 Å². The molecule has 13 heavy (non-hydrogen) atoms. The summed E-state index contributed by atoms with van der Waals surface area (Å²) in [5.41, 5.74) is 1.91. The molecule has 2 rings (SSSR count). The Morgan fingerprint density at radius 1 is 1.38 bits per heavy atom. The number of halogens is 1. The molecule has 0 amide bonds. The fourth-order valence-electron chi connectivity index (χ4n) is 1.16. The van der Waals surface area contributed by atoms with Gasteiger partial charge in [-0.25, -0.2) is 9.97 Å². The number of aromatic amines is 1. The smallest absolute Gasteiger partial charge is 0.127 e. The van der Waals surface area contributed by atoms with Crippen LogP contribution in [0.3, 0.4) is 0 Å². The van der Waals surface area contributed by atoms with Gasteiger partial charge in [-0.2, -0.15) is 0 Å². The second-order valence-electron chi connectivity index (χ2n) is 2.71. The molecule has 0 aliphatic rings. The lowest BCUT2D eigenvalue weighted by atomic mass is 10.3. The number of nitrogens with one attached hydrogen (secondary N) is 1. The van der Waals surface area contributed by atoms with Crippen molar-refractivity contribution < 1.29 is 0 Å². The van der Waals surface area contributed by atoms with Gasteiger partial charge in [0.1, 0.15) is 10.4 Å². The van der Waals surface area contributed by atoms with Crippen molar-refractivity contribution in [2.45, 2.75) is 6.92 Å². The van der Waals surface area contributed by atoms with Crippen molar-refractivity contribution in [3.05, 3.63) is 34.8 Å².